The maximum Gasteiger partial charge on any atom is 0.256 e. The summed E-state index contributed by atoms with van der Waals surface area (Å²) in [4.78, 5) is 21.5. The maximum atomic E-state index is 13.2. The number of sulfone groups is 1. The molecule has 10 heteroatoms. The molecule has 1 fully saturated rings. The van der Waals surface area contributed by atoms with E-state index in [1.165, 1.54) is 12.1 Å². The highest BCUT2D eigenvalue weighted by atomic mass is 32.2. The fourth-order valence-electron chi connectivity index (χ4n) is 5.14. The van der Waals surface area contributed by atoms with Crippen molar-refractivity contribution in [2.75, 3.05) is 16.8 Å². The molecule has 3 aromatic heterocycles. The number of halogens is 1. The smallest absolute Gasteiger partial charge is 0.256 e. The van der Waals surface area contributed by atoms with Crippen LogP contribution in [0.1, 0.15) is 33.9 Å². The van der Waals surface area contributed by atoms with Crippen molar-refractivity contribution in [2.24, 2.45) is 0 Å². The number of rotatable bonds is 7. The van der Waals surface area contributed by atoms with E-state index >= 15 is 0 Å². The molecule has 1 atom stereocenters. The molecule has 6 rings (SSSR count). The van der Waals surface area contributed by atoms with Gasteiger partial charge >= 0.3 is 0 Å². The number of amides is 1. The van der Waals surface area contributed by atoms with Gasteiger partial charge in [0, 0.05) is 29.3 Å². The molecule has 5 aromatic rings. The standard InChI is InChI=1S/C31H26FN5O3S/c32-24-12-13-28(34-19-24)35-31(38)23-10-6-7-21(17-23)18-26-29(27-11-4-5-15-33-27)36-37(25-14-16-41(39,40)20-25)30(26)22-8-2-1-3-9-22/h1-13,15,17,19,25H,14,16,18,20H2,(H,34,35,38). The largest absolute Gasteiger partial charge is 0.307 e. The number of carbonyl (C=O) groups is 1. The van der Waals surface area contributed by atoms with E-state index in [9.17, 15) is 17.6 Å². The predicted octanol–water partition coefficient (Wildman–Crippen LogP) is 5.35. The highest BCUT2D eigenvalue weighted by Gasteiger charge is 2.33. The van der Waals surface area contributed by atoms with E-state index < -0.39 is 15.7 Å². The van der Waals surface area contributed by atoms with Crippen LogP contribution in [0.15, 0.2) is 97.3 Å². The molecule has 41 heavy (non-hydrogen) atoms. The fourth-order valence-corrected chi connectivity index (χ4v) is 6.84. The zero-order valence-corrected chi connectivity index (χ0v) is 22.8. The highest BCUT2D eigenvalue weighted by molar-refractivity contribution is 7.91. The van der Waals surface area contributed by atoms with Gasteiger partial charge in [-0.05, 0) is 48.4 Å². The highest BCUT2D eigenvalue weighted by Crippen LogP contribution is 2.37. The van der Waals surface area contributed by atoms with Gasteiger partial charge in [0.05, 0.1) is 35.1 Å². The summed E-state index contributed by atoms with van der Waals surface area (Å²) in [5, 5.41) is 7.69. The molecule has 0 aliphatic carbocycles. The Kier molecular flexibility index (Phi) is 7.15. The van der Waals surface area contributed by atoms with Crippen molar-refractivity contribution >= 4 is 21.6 Å². The monoisotopic (exact) mass is 567 g/mol. The van der Waals surface area contributed by atoms with Crippen LogP contribution in [0.25, 0.3) is 22.6 Å². The lowest BCUT2D eigenvalue weighted by atomic mass is 9.96. The Morgan fingerprint density at radius 1 is 0.976 bits per heavy atom. The average Bonchev–Trinajstić information content (AvgIpc) is 3.55. The van der Waals surface area contributed by atoms with Crippen LogP contribution >= 0.6 is 0 Å². The molecule has 0 saturated carbocycles. The van der Waals surface area contributed by atoms with Crippen LogP contribution in [0.4, 0.5) is 10.2 Å². The molecule has 2 aromatic carbocycles. The Morgan fingerprint density at radius 3 is 2.51 bits per heavy atom. The van der Waals surface area contributed by atoms with Gasteiger partial charge in [0.25, 0.3) is 5.91 Å². The Morgan fingerprint density at radius 2 is 1.80 bits per heavy atom. The number of anilines is 1. The fraction of sp³-hybridized carbons (Fsp3) is 0.161. The maximum absolute atomic E-state index is 13.2. The number of carbonyl (C=O) groups excluding carboxylic acids is 1. The average molecular weight is 568 g/mol. The first-order chi connectivity index (χ1) is 19.9. The van der Waals surface area contributed by atoms with Crippen molar-refractivity contribution in [3.63, 3.8) is 0 Å². The summed E-state index contributed by atoms with van der Waals surface area (Å²) in [5.41, 5.74) is 5.25. The second-order valence-electron chi connectivity index (χ2n) is 9.95. The van der Waals surface area contributed by atoms with Crippen molar-refractivity contribution in [2.45, 2.75) is 18.9 Å². The van der Waals surface area contributed by atoms with E-state index in [2.05, 4.69) is 15.3 Å². The number of hydrogen-bond donors (Lipinski definition) is 1. The Balaban J connectivity index is 1.43. The summed E-state index contributed by atoms with van der Waals surface area (Å²) in [6.45, 7) is 0. The van der Waals surface area contributed by atoms with E-state index in [1.54, 1.807) is 24.4 Å². The zero-order chi connectivity index (χ0) is 28.4. The molecule has 1 aliphatic rings. The van der Waals surface area contributed by atoms with E-state index in [0.717, 1.165) is 28.6 Å². The summed E-state index contributed by atoms with van der Waals surface area (Å²) >= 11 is 0. The molecule has 4 heterocycles. The van der Waals surface area contributed by atoms with Crippen LogP contribution in [0.5, 0.6) is 0 Å². The van der Waals surface area contributed by atoms with Crippen LogP contribution in [0.2, 0.25) is 0 Å². The molecule has 1 aliphatic heterocycles. The van der Waals surface area contributed by atoms with Gasteiger partial charge in [-0.3, -0.25) is 14.5 Å². The van der Waals surface area contributed by atoms with Gasteiger partial charge in [-0.25, -0.2) is 17.8 Å². The molecule has 1 saturated heterocycles. The number of benzene rings is 2. The van der Waals surface area contributed by atoms with Crippen molar-refractivity contribution in [1.82, 2.24) is 19.7 Å². The minimum absolute atomic E-state index is 0.0304. The first kappa shape index (κ1) is 26.5. The molecule has 1 unspecified atom stereocenters. The Bertz CT molecular complexity index is 1810. The van der Waals surface area contributed by atoms with Gasteiger partial charge in [0.15, 0.2) is 9.84 Å². The van der Waals surface area contributed by atoms with Crippen LogP contribution in [0.3, 0.4) is 0 Å². The number of hydrogen-bond acceptors (Lipinski definition) is 6. The van der Waals surface area contributed by atoms with Crippen molar-refractivity contribution in [1.29, 1.82) is 0 Å². The number of pyridine rings is 2. The predicted molar refractivity (Wildman–Crippen MR) is 155 cm³/mol. The molecule has 0 spiro atoms. The van der Waals surface area contributed by atoms with Crippen molar-refractivity contribution < 1.29 is 17.6 Å². The summed E-state index contributed by atoms with van der Waals surface area (Å²) in [6.07, 6.45) is 3.65. The lowest BCUT2D eigenvalue weighted by Crippen LogP contribution is -2.14. The molecule has 0 bridgehead atoms. The SMILES string of the molecule is O=C(Nc1ccc(F)cn1)c1cccc(Cc2c(-c3ccccn3)nn(C3CCS(=O)(=O)C3)c2-c2ccccc2)c1. The minimum atomic E-state index is -3.16. The second-order valence-corrected chi connectivity index (χ2v) is 12.2. The van der Waals surface area contributed by atoms with Gasteiger partial charge in [-0.15, -0.1) is 0 Å². The summed E-state index contributed by atoms with van der Waals surface area (Å²) in [6, 6.07) is 25.0. The number of nitrogens with zero attached hydrogens (tertiary/aromatic N) is 4. The molecular formula is C31H26FN5O3S. The zero-order valence-electron chi connectivity index (χ0n) is 21.9. The van der Waals surface area contributed by atoms with Crippen LogP contribution in [0, 0.1) is 5.82 Å². The summed E-state index contributed by atoms with van der Waals surface area (Å²) in [5.74, 6) is -0.453. The van der Waals surface area contributed by atoms with E-state index in [-0.39, 0.29) is 29.3 Å². The van der Waals surface area contributed by atoms with Crippen LogP contribution in [-0.4, -0.2) is 45.6 Å². The first-order valence-corrected chi connectivity index (χ1v) is 15.0. The number of nitrogens with one attached hydrogen (secondary N) is 1. The third-order valence-electron chi connectivity index (χ3n) is 7.06. The van der Waals surface area contributed by atoms with Gasteiger partial charge in [0.1, 0.15) is 17.3 Å². The molecule has 1 amide bonds. The molecule has 206 valence electrons. The van der Waals surface area contributed by atoms with Crippen LogP contribution < -0.4 is 5.32 Å². The minimum Gasteiger partial charge on any atom is -0.307 e. The topological polar surface area (TPSA) is 107 Å². The van der Waals surface area contributed by atoms with E-state index in [4.69, 9.17) is 5.10 Å². The Hall–Kier alpha value is -4.70. The van der Waals surface area contributed by atoms with Gasteiger partial charge in [0.2, 0.25) is 0 Å². The van der Waals surface area contributed by atoms with Gasteiger partial charge in [-0.1, -0.05) is 48.5 Å². The molecule has 8 nitrogen and oxygen atoms in total. The summed E-state index contributed by atoms with van der Waals surface area (Å²) < 4.78 is 40.0. The third kappa shape index (κ3) is 5.78. The summed E-state index contributed by atoms with van der Waals surface area (Å²) in [7, 11) is -3.16. The first-order valence-electron chi connectivity index (χ1n) is 13.2. The third-order valence-corrected chi connectivity index (χ3v) is 8.81. The quantitative estimate of drug-likeness (QED) is 0.284. The van der Waals surface area contributed by atoms with E-state index in [1.807, 2.05) is 59.3 Å². The van der Waals surface area contributed by atoms with Crippen molar-refractivity contribution in [3.05, 3.63) is 120 Å². The molecular weight excluding hydrogens is 541 g/mol. The second kappa shape index (κ2) is 11.1. The van der Waals surface area contributed by atoms with Gasteiger partial charge < -0.3 is 5.32 Å². The van der Waals surface area contributed by atoms with E-state index in [0.29, 0.717) is 29.8 Å². The van der Waals surface area contributed by atoms with Gasteiger partial charge in [-0.2, -0.15) is 5.10 Å². The van der Waals surface area contributed by atoms with Crippen molar-refractivity contribution in [3.8, 4) is 22.6 Å². The van der Waals surface area contributed by atoms with Crippen LogP contribution in [-0.2, 0) is 16.3 Å². The lowest BCUT2D eigenvalue weighted by molar-refractivity contribution is 0.102. The molecule has 1 N–H and O–H groups in total. The molecule has 0 radical (unpaired) electrons. The normalized spacial score (nSPS) is 16.0. The lowest BCUT2D eigenvalue weighted by Gasteiger charge is -2.15. The Labute approximate surface area is 236 Å². The number of aromatic nitrogens is 4.